The fraction of sp³-hybridized carbons (Fsp3) is 0.704. The van der Waals surface area contributed by atoms with Crippen molar-refractivity contribution in [1.82, 2.24) is 10.6 Å². The second-order valence-electron chi connectivity index (χ2n) is 9.00. The van der Waals surface area contributed by atoms with Gasteiger partial charge in [0.1, 0.15) is 5.75 Å². The number of unbranched alkanes of at least 4 members (excludes halogenated alkanes) is 10. The van der Waals surface area contributed by atoms with E-state index < -0.39 is 0 Å². The second-order valence-corrected chi connectivity index (χ2v) is 9.00. The number of rotatable bonds is 19. The van der Waals surface area contributed by atoms with Crippen LogP contribution in [0.3, 0.4) is 0 Å². The third-order valence-electron chi connectivity index (χ3n) is 6.06. The van der Waals surface area contributed by atoms with Gasteiger partial charge >= 0.3 is 0 Å². The summed E-state index contributed by atoms with van der Waals surface area (Å²) < 4.78 is 0. The standard InChI is InChI=1S/C27H46N2O3/c1-3-4-5-9-12-15-24(29-27(32)22-23-18-20-25(30)21-19-23)16-13-10-7-6-8-11-14-17-26(31)28-2/h18-21,24,30H,3-17,22H2,1-2H3,(H,28,31)(H,29,32). The minimum Gasteiger partial charge on any atom is -0.508 e. The van der Waals surface area contributed by atoms with E-state index in [2.05, 4.69) is 17.6 Å². The molecule has 1 unspecified atom stereocenters. The van der Waals surface area contributed by atoms with Crippen LogP contribution in [-0.2, 0) is 16.0 Å². The van der Waals surface area contributed by atoms with Crippen LogP contribution in [0, 0.1) is 0 Å². The van der Waals surface area contributed by atoms with E-state index >= 15 is 0 Å². The molecule has 3 N–H and O–H groups in total. The largest absolute Gasteiger partial charge is 0.508 e. The Balaban J connectivity index is 2.27. The van der Waals surface area contributed by atoms with Crippen molar-refractivity contribution in [3.05, 3.63) is 29.8 Å². The quantitative estimate of drug-likeness (QED) is 0.227. The predicted molar refractivity (Wildman–Crippen MR) is 133 cm³/mol. The number of phenols is 1. The van der Waals surface area contributed by atoms with E-state index in [9.17, 15) is 14.7 Å². The van der Waals surface area contributed by atoms with Crippen molar-refractivity contribution in [3.8, 4) is 5.75 Å². The van der Waals surface area contributed by atoms with Crippen molar-refractivity contribution in [1.29, 1.82) is 0 Å². The van der Waals surface area contributed by atoms with E-state index in [-0.39, 0.29) is 23.6 Å². The maximum absolute atomic E-state index is 12.5. The molecule has 0 aromatic heterocycles. The van der Waals surface area contributed by atoms with E-state index in [1.807, 2.05) is 12.1 Å². The highest BCUT2D eigenvalue weighted by Crippen LogP contribution is 2.15. The average molecular weight is 447 g/mol. The number of hydrogen-bond acceptors (Lipinski definition) is 3. The first-order valence-corrected chi connectivity index (χ1v) is 12.8. The molecule has 0 saturated carbocycles. The summed E-state index contributed by atoms with van der Waals surface area (Å²) in [5.74, 6) is 0.439. The van der Waals surface area contributed by atoms with E-state index in [1.165, 1.54) is 57.8 Å². The number of aromatic hydroxyl groups is 1. The van der Waals surface area contributed by atoms with Gasteiger partial charge in [0.05, 0.1) is 6.42 Å². The van der Waals surface area contributed by atoms with Crippen LogP contribution in [0.5, 0.6) is 5.75 Å². The summed E-state index contributed by atoms with van der Waals surface area (Å²) >= 11 is 0. The van der Waals surface area contributed by atoms with Crippen molar-refractivity contribution < 1.29 is 14.7 Å². The number of nitrogens with one attached hydrogen (secondary N) is 2. The first-order valence-electron chi connectivity index (χ1n) is 12.8. The third kappa shape index (κ3) is 14.9. The van der Waals surface area contributed by atoms with E-state index in [1.54, 1.807) is 19.2 Å². The molecule has 0 aliphatic heterocycles. The molecule has 0 bridgehead atoms. The fourth-order valence-electron chi connectivity index (χ4n) is 4.05. The second kappa shape index (κ2) is 18.5. The SMILES string of the molecule is CCCCCCCC(CCCCCCCCCC(=O)NC)NC(=O)Cc1ccc(O)cc1. The molecule has 5 heteroatoms. The summed E-state index contributed by atoms with van der Waals surface area (Å²) in [5, 5.41) is 15.3. The summed E-state index contributed by atoms with van der Waals surface area (Å²) in [6, 6.07) is 7.14. The van der Waals surface area contributed by atoms with Crippen LogP contribution in [0.1, 0.15) is 109 Å². The molecular formula is C27H46N2O3. The molecule has 0 aliphatic carbocycles. The summed E-state index contributed by atoms with van der Waals surface area (Å²) in [6.07, 6.45) is 17.5. The molecule has 2 amide bonds. The van der Waals surface area contributed by atoms with Crippen LogP contribution >= 0.6 is 0 Å². The average Bonchev–Trinajstić information content (AvgIpc) is 2.78. The Morgan fingerprint density at radius 3 is 1.88 bits per heavy atom. The van der Waals surface area contributed by atoms with Crippen LogP contribution in [0.25, 0.3) is 0 Å². The topological polar surface area (TPSA) is 78.4 Å². The van der Waals surface area contributed by atoms with Crippen LogP contribution in [-0.4, -0.2) is 30.0 Å². The van der Waals surface area contributed by atoms with Crippen LogP contribution < -0.4 is 10.6 Å². The number of carbonyl (C=O) groups is 2. The Morgan fingerprint density at radius 2 is 1.31 bits per heavy atom. The molecule has 32 heavy (non-hydrogen) atoms. The van der Waals surface area contributed by atoms with E-state index in [4.69, 9.17) is 0 Å². The Hall–Kier alpha value is -2.04. The number of phenolic OH excluding ortho intramolecular Hbond substituents is 1. The first kappa shape index (κ1) is 28.0. The normalized spacial score (nSPS) is 11.8. The molecule has 0 fully saturated rings. The summed E-state index contributed by atoms with van der Waals surface area (Å²) in [6.45, 7) is 2.23. The molecule has 0 heterocycles. The van der Waals surface area contributed by atoms with Crippen LogP contribution in [0.4, 0.5) is 0 Å². The monoisotopic (exact) mass is 446 g/mol. The van der Waals surface area contributed by atoms with Gasteiger partial charge in [-0.3, -0.25) is 9.59 Å². The van der Waals surface area contributed by atoms with Crippen LogP contribution in [0.15, 0.2) is 24.3 Å². The Labute approximate surface area is 195 Å². The number of amides is 2. The molecule has 182 valence electrons. The third-order valence-corrected chi connectivity index (χ3v) is 6.06. The lowest BCUT2D eigenvalue weighted by Crippen LogP contribution is -2.35. The zero-order valence-electron chi connectivity index (χ0n) is 20.5. The van der Waals surface area contributed by atoms with Gasteiger partial charge in [-0.15, -0.1) is 0 Å². The molecular weight excluding hydrogens is 400 g/mol. The molecule has 1 aromatic rings. The maximum Gasteiger partial charge on any atom is 0.224 e. The molecule has 0 aliphatic rings. The Bertz CT molecular complexity index is 616. The smallest absolute Gasteiger partial charge is 0.224 e. The van der Waals surface area contributed by atoms with Gasteiger partial charge in [-0.25, -0.2) is 0 Å². The van der Waals surface area contributed by atoms with Crippen molar-refractivity contribution in [2.45, 2.75) is 116 Å². The molecule has 5 nitrogen and oxygen atoms in total. The maximum atomic E-state index is 12.5. The van der Waals surface area contributed by atoms with Crippen molar-refractivity contribution in [3.63, 3.8) is 0 Å². The van der Waals surface area contributed by atoms with Gasteiger partial charge in [-0.1, -0.05) is 89.7 Å². The van der Waals surface area contributed by atoms with E-state index in [0.717, 1.165) is 37.7 Å². The van der Waals surface area contributed by atoms with Gasteiger partial charge in [-0.05, 0) is 37.0 Å². The van der Waals surface area contributed by atoms with E-state index in [0.29, 0.717) is 12.8 Å². The zero-order valence-corrected chi connectivity index (χ0v) is 20.5. The molecule has 1 aromatic carbocycles. The van der Waals surface area contributed by atoms with Gasteiger partial charge in [0.15, 0.2) is 0 Å². The minimum atomic E-state index is 0.0744. The number of carbonyl (C=O) groups excluding carboxylic acids is 2. The molecule has 1 atom stereocenters. The van der Waals surface area contributed by atoms with Gasteiger partial charge in [0.25, 0.3) is 0 Å². The zero-order chi connectivity index (χ0) is 23.4. The molecule has 0 radical (unpaired) electrons. The predicted octanol–water partition coefficient (Wildman–Crippen LogP) is 6.04. The van der Waals surface area contributed by atoms with Crippen LogP contribution in [0.2, 0.25) is 0 Å². The van der Waals surface area contributed by atoms with Crippen molar-refractivity contribution in [2.24, 2.45) is 0 Å². The first-order chi connectivity index (χ1) is 15.5. The van der Waals surface area contributed by atoms with Gasteiger partial charge in [-0.2, -0.15) is 0 Å². The number of hydrogen-bond donors (Lipinski definition) is 3. The fourth-order valence-corrected chi connectivity index (χ4v) is 4.05. The van der Waals surface area contributed by atoms with Gasteiger partial charge in [0.2, 0.25) is 11.8 Å². The summed E-state index contributed by atoms with van der Waals surface area (Å²) in [5.41, 5.74) is 0.929. The lowest BCUT2D eigenvalue weighted by atomic mass is 9.99. The molecule has 1 rings (SSSR count). The highest BCUT2D eigenvalue weighted by Gasteiger charge is 2.13. The summed E-state index contributed by atoms with van der Waals surface area (Å²) in [4.78, 5) is 23.8. The number of benzene rings is 1. The highest BCUT2D eigenvalue weighted by molar-refractivity contribution is 5.78. The van der Waals surface area contributed by atoms with Gasteiger partial charge in [0, 0.05) is 19.5 Å². The highest BCUT2D eigenvalue weighted by atomic mass is 16.3. The lowest BCUT2D eigenvalue weighted by Gasteiger charge is -2.19. The molecule has 0 saturated heterocycles. The lowest BCUT2D eigenvalue weighted by molar-refractivity contribution is -0.121. The minimum absolute atomic E-state index is 0.0744. The molecule has 0 spiro atoms. The Morgan fingerprint density at radius 1 is 0.781 bits per heavy atom. The van der Waals surface area contributed by atoms with Crippen molar-refractivity contribution >= 4 is 11.8 Å². The van der Waals surface area contributed by atoms with Gasteiger partial charge < -0.3 is 15.7 Å². The van der Waals surface area contributed by atoms with Crippen molar-refractivity contribution in [2.75, 3.05) is 7.05 Å². The Kier molecular flexibility index (Phi) is 16.2. The summed E-state index contributed by atoms with van der Waals surface area (Å²) in [7, 11) is 1.69.